The van der Waals surface area contributed by atoms with Crippen molar-refractivity contribution in [3.8, 4) is 5.75 Å². The number of esters is 1. The van der Waals surface area contributed by atoms with Gasteiger partial charge in [0.05, 0.1) is 17.9 Å². The molecule has 0 saturated heterocycles. The summed E-state index contributed by atoms with van der Waals surface area (Å²) < 4.78 is 6.91. The van der Waals surface area contributed by atoms with E-state index in [9.17, 15) is 9.90 Å². The minimum Gasteiger partial charge on any atom is -0.508 e. The fourth-order valence-corrected chi connectivity index (χ4v) is 3.23. The molecule has 2 N–H and O–H groups in total. The molecule has 0 fully saturated rings. The van der Waals surface area contributed by atoms with Gasteiger partial charge in [-0.3, -0.25) is 0 Å². The summed E-state index contributed by atoms with van der Waals surface area (Å²) in [5, 5.41) is 17.9. The van der Waals surface area contributed by atoms with Crippen LogP contribution in [0.5, 0.6) is 5.75 Å². The molecule has 7 heteroatoms. The Morgan fingerprint density at radius 1 is 1.19 bits per heavy atom. The van der Waals surface area contributed by atoms with Crippen molar-refractivity contribution in [2.24, 2.45) is 0 Å². The molecule has 0 aliphatic carbocycles. The Bertz CT molecular complexity index is 1010. The van der Waals surface area contributed by atoms with Crippen molar-refractivity contribution in [3.05, 3.63) is 77.6 Å². The molecule has 1 unspecified atom stereocenters. The lowest BCUT2D eigenvalue weighted by atomic mass is 9.92. The molecule has 2 heterocycles. The van der Waals surface area contributed by atoms with Crippen LogP contribution in [-0.4, -0.2) is 32.4 Å². The summed E-state index contributed by atoms with van der Waals surface area (Å²) in [6.45, 7) is 1.99. The summed E-state index contributed by atoms with van der Waals surface area (Å²) in [4.78, 5) is 17.2. The number of phenolic OH excluding ortho intramolecular Hbond substituents is 1. The van der Waals surface area contributed by atoms with E-state index >= 15 is 0 Å². The number of benzene rings is 2. The predicted molar refractivity (Wildman–Crippen MR) is 99.9 cm³/mol. The number of aromatic nitrogens is 3. The second-order valence-corrected chi connectivity index (χ2v) is 5.99. The van der Waals surface area contributed by atoms with E-state index < -0.39 is 12.0 Å². The number of carbonyl (C=O) groups is 1. The summed E-state index contributed by atoms with van der Waals surface area (Å²) in [6, 6.07) is 15.7. The first-order valence-electron chi connectivity index (χ1n) is 8.61. The molecule has 1 aliphatic heterocycles. The maximum absolute atomic E-state index is 12.9. The first-order chi connectivity index (χ1) is 13.2. The number of ether oxygens (including phenoxy) is 1. The van der Waals surface area contributed by atoms with Gasteiger partial charge in [0, 0.05) is 5.56 Å². The first kappa shape index (κ1) is 16.8. The van der Waals surface area contributed by atoms with Gasteiger partial charge in [-0.1, -0.05) is 48.5 Å². The fraction of sp³-hybridized carbons (Fsp3) is 0.150. The second-order valence-electron chi connectivity index (χ2n) is 5.99. The van der Waals surface area contributed by atoms with Crippen LogP contribution >= 0.6 is 0 Å². The van der Waals surface area contributed by atoms with Crippen molar-refractivity contribution in [1.82, 2.24) is 14.8 Å². The average Bonchev–Trinajstić information content (AvgIpc) is 3.16. The molecule has 3 aromatic rings. The summed E-state index contributed by atoms with van der Waals surface area (Å²) in [7, 11) is 0. The van der Waals surface area contributed by atoms with Crippen LogP contribution in [0.1, 0.15) is 24.1 Å². The summed E-state index contributed by atoms with van der Waals surface area (Å²) in [5.41, 5.74) is 2.31. The topological polar surface area (TPSA) is 89.3 Å². The van der Waals surface area contributed by atoms with Crippen LogP contribution in [0.2, 0.25) is 0 Å². The molecule has 4 rings (SSSR count). The molecule has 1 atom stereocenters. The molecule has 27 heavy (non-hydrogen) atoms. The molecular formula is C20H18N4O3. The van der Waals surface area contributed by atoms with Crippen LogP contribution in [0.3, 0.4) is 0 Å². The Kier molecular flexibility index (Phi) is 4.33. The lowest BCUT2D eigenvalue weighted by Gasteiger charge is -2.29. The molecule has 1 aliphatic rings. The molecule has 136 valence electrons. The van der Waals surface area contributed by atoms with Crippen LogP contribution in [0, 0.1) is 0 Å². The minimum absolute atomic E-state index is 0.0695. The Morgan fingerprint density at radius 3 is 2.67 bits per heavy atom. The predicted octanol–water partition coefficient (Wildman–Crippen LogP) is 2.97. The molecular weight excluding hydrogens is 344 g/mol. The summed E-state index contributed by atoms with van der Waals surface area (Å²) in [6.07, 6.45) is 1.41. The van der Waals surface area contributed by atoms with Crippen LogP contribution in [-0.2, 0) is 9.53 Å². The number of carbonyl (C=O) groups excluding carboxylic acids is 1. The highest BCUT2D eigenvalue weighted by atomic mass is 16.5. The van der Waals surface area contributed by atoms with E-state index in [0.717, 1.165) is 5.56 Å². The van der Waals surface area contributed by atoms with Crippen molar-refractivity contribution in [2.75, 3.05) is 11.9 Å². The zero-order chi connectivity index (χ0) is 18.8. The molecule has 1 aromatic heterocycles. The standard InChI is InChI=1S/C20H18N4O3/c1-2-27-19(26)16-17(13-8-4-3-5-9-13)23-20-21-12-22-24(20)18(16)14-10-6-7-11-15(14)25/h3-12,18,25H,2H2,1H3,(H,21,22,23). The number of anilines is 1. The summed E-state index contributed by atoms with van der Waals surface area (Å²) >= 11 is 0. The summed E-state index contributed by atoms with van der Waals surface area (Å²) in [5.74, 6) is 0.0773. The number of aromatic hydroxyl groups is 1. The smallest absolute Gasteiger partial charge is 0.338 e. The van der Waals surface area contributed by atoms with Gasteiger partial charge in [-0.15, -0.1) is 0 Å². The van der Waals surface area contributed by atoms with Gasteiger partial charge < -0.3 is 15.2 Å². The van der Waals surface area contributed by atoms with E-state index in [0.29, 0.717) is 22.8 Å². The van der Waals surface area contributed by atoms with E-state index in [-0.39, 0.29) is 12.4 Å². The van der Waals surface area contributed by atoms with Gasteiger partial charge in [0.25, 0.3) is 0 Å². The Balaban J connectivity index is 1.99. The van der Waals surface area contributed by atoms with Crippen LogP contribution in [0.4, 0.5) is 5.95 Å². The van der Waals surface area contributed by atoms with E-state index in [1.54, 1.807) is 35.9 Å². The highest BCUT2D eigenvalue weighted by Gasteiger charge is 2.37. The van der Waals surface area contributed by atoms with Gasteiger partial charge in [0.2, 0.25) is 5.95 Å². The van der Waals surface area contributed by atoms with Crippen molar-refractivity contribution in [3.63, 3.8) is 0 Å². The molecule has 2 aromatic carbocycles. The Morgan fingerprint density at radius 2 is 1.93 bits per heavy atom. The Hall–Kier alpha value is -3.61. The van der Waals surface area contributed by atoms with Crippen molar-refractivity contribution >= 4 is 17.6 Å². The molecule has 0 amide bonds. The number of hydrogen-bond acceptors (Lipinski definition) is 6. The van der Waals surface area contributed by atoms with Crippen molar-refractivity contribution in [2.45, 2.75) is 13.0 Å². The quantitative estimate of drug-likeness (QED) is 0.694. The highest BCUT2D eigenvalue weighted by molar-refractivity contribution is 6.02. The molecule has 0 radical (unpaired) electrons. The molecule has 7 nitrogen and oxygen atoms in total. The van der Waals surface area contributed by atoms with Crippen LogP contribution in [0.25, 0.3) is 5.70 Å². The number of rotatable bonds is 4. The van der Waals surface area contributed by atoms with E-state index in [1.807, 2.05) is 30.3 Å². The number of nitrogens with zero attached hydrogens (tertiary/aromatic N) is 3. The lowest BCUT2D eigenvalue weighted by molar-refractivity contribution is -0.138. The highest BCUT2D eigenvalue weighted by Crippen LogP contribution is 2.41. The second kappa shape index (κ2) is 6.95. The normalized spacial score (nSPS) is 15.8. The number of para-hydroxylation sites is 1. The van der Waals surface area contributed by atoms with Crippen LogP contribution in [0.15, 0.2) is 66.5 Å². The zero-order valence-electron chi connectivity index (χ0n) is 14.7. The monoisotopic (exact) mass is 362 g/mol. The van der Waals surface area contributed by atoms with Crippen LogP contribution < -0.4 is 5.32 Å². The van der Waals surface area contributed by atoms with Crippen molar-refractivity contribution in [1.29, 1.82) is 0 Å². The van der Waals surface area contributed by atoms with Gasteiger partial charge >= 0.3 is 5.97 Å². The van der Waals surface area contributed by atoms with E-state index in [2.05, 4.69) is 15.4 Å². The molecule has 0 bridgehead atoms. The molecule has 0 saturated carbocycles. The third kappa shape index (κ3) is 2.93. The maximum Gasteiger partial charge on any atom is 0.338 e. The van der Waals surface area contributed by atoms with E-state index in [1.165, 1.54) is 6.33 Å². The fourth-order valence-electron chi connectivity index (χ4n) is 3.23. The average molecular weight is 362 g/mol. The minimum atomic E-state index is -0.667. The zero-order valence-corrected chi connectivity index (χ0v) is 14.7. The Labute approximate surface area is 155 Å². The third-order valence-corrected chi connectivity index (χ3v) is 4.39. The third-order valence-electron chi connectivity index (χ3n) is 4.39. The van der Waals surface area contributed by atoms with Gasteiger partial charge in [-0.2, -0.15) is 10.1 Å². The number of hydrogen-bond donors (Lipinski definition) is 2. The largest absolute Gasteiger partial charge is 0.508 e. The molecule has 0 spiro atoms. The van der Waals surface area contributed by atoms with Gasteiger partial charge in [-0.25, -0.2) is 9.48 Å². The number of nitrogens with one attached hydrogen (secondary N) is 1. The number of fused-ring (bicyclic) bond motifs is 1. The lowest BCUT2D eigenvalue weighted by Crippen LogP contribution is -2.30. The van der Waals surface area contributed by atoms with Gasteiger partial charge in [0.15, 0.2) is 0 Å². The number of phenols is 1. The van der Waals surface area contributed by atoms with E-state index in [4.69, 9.17) is 4.74 Å². The van der Waals surface area contributed by atoms with Gasteiger partial charge in [-0.05, 0) is 18.6 Å². The SMILES string of the molecule is CCOC(=O)C1=C(c2ccccc2)Nc2ncnn2C1c1ccccc1O. The first-order valence-corrected chi connectivity index (χ1v) is 8.61. The maximum atomic E-state index is 12.9. The van der Waals surface area contributed by atoms with Crippen molar-refractivity contribution < 1.29 is 14.6 Å². The van der Waals surface area contributed by atoms with Gasteiger partial charge in [0.1, 0.15) is 18.1 Å².